The quantitative estimate of drug-likeness (QED) is 0.177. The van der Waals surface area contributed by atoms with Crippen LogP contribution in [0.25, 0.3) is 0 Å². The molecule has 3 aromatic rings. The van der Waals surface area contributed by atoms with Crippen LogP contribution in [-0.4, -0.2) is 47.9 Å². The summed E-state index contributed by atoms with van der Waals surface area (Å²) in [4.78, 5) is 23.4. The molecule has 1 atom stereocenters. The molecule has 3 aromatic carbocycles. The first-order valence-corrected chi connectivity index (χ1v) is 12.8. The summed E-state index contributed by atoms with van der Waals surface area (Å²) in [6, 6.07) is 24.5. The number of hydrogen-bond donors (Lipinski definition) is 0. The second-order valence-electron chi connectivity index (χ2n) is 8.31. The molecule has 0 saturated carbocycles. The molecule has 0 aliphatic carbocycles. The molecule has 1 aliphatic heterocycles. The number of nitrogens with zero attached hydrogens (tertiary/aromatic N) is 3. The van der Waals surface area contributed by atoms with E-state index in [2.05, 4.69) is 33.3 Å². The van der Waals surface area contributed by atoms with Gasteiger partial charge in [0.2, 0.25) is 0 Å². The Hall–Kier alpha value is -2.90. The molecule has 0 spiro atoms. The molecule has 8 heteroatoms. The normalized spacial score (nSPS) is 16.5. The van der Waals surface area contributed by atoms with Crippen LogP contribution in [-0.2, 0) is 28.4 Å². The van der Waals surface area contributed by atoms with Crippen LogP contribution in [0.2, 0.25) is 0 Å². The van der Waals surface area contributed by atoms with Crippen molar-refractivity contribution in [1.82, 2.24) is 4.90 Å². The second kappa shape index (κ2) is 13.4. The fourth-order valence-corrected chi connectivity index (χ4v) is 4.99. The van der Waals surface area contributed by atoms with Gasteiger partial charge in [-0.1, -0.05) is 66.7 Å². The number of benzene rings is 3. The van der Waals surface area contributed by atoms with E-state index >= 15 is 0 Å². The van der Waals surface area contributed by atoms with Crippen molar-refractivity contribution in [1.29, 1.82) is 0 Å². The van der Waals surface area contributed by atoms with Crippen molar-refractivity contribution in [2.75, 3.05) is 19.3 Å². The van der Waals surface area contributed by atoms with Crippen molar-refractivity contribution < 1.29 is 32.1 Å². The molecule has 4 rings (SSSR count). The van der Waals surface area contributed by atoms with E-state index in [4.69, 9.17) is 0 Å². The molecule has 1 radical (unpaired) electrons. The third kappa shape index (κ3) is 6.86. The standard InChI is InChI=1S/C28H29N3O3S.Cu/c1-35-25-16-8-5-12-21(25)19-31-17-9-15-24(31)28(34)30-23-14-7-6-13-22(23)27(29-18-26(32)33)20-10-3-2-4-11-20;/h2-8,10-14,16,24H,9,15,17-19H2,1H3,(H,30,34)(H,32,33);/q;+2/p-2/t24-;/m0./s1. The van der Waals surface area contributed by atoms with Gasteiger partial charge >= 0.3 is 17.1 Å². The first kappa shape index (κ1) is 27.7. The Labute approximate surface area is 226 Å². The van der Waals surface area contributed by atoms with Crippen molar-refractivity contribution in [3.8, 4) is 0 Å². The molecule has 0 bridgehead atoms. The predicted molar refractivity (Wildman–Crippen MR) is 137 cm³/mol. The molecule has 1 saturated heterocycles. The van der Waals surface area contributed by atoms with Gasteiger partial charge in [0.1, 0.15) is 0 Å². The molecule has 6 nitrogen and oxygen atoms in total. The smallest absolute Gasteiger partial charge is 0.861 e. The SMILES string of the molecule is CSc1ccccc1CN1CCC[C@H]1C([O-])=Nc1ccccc1C(=NCC(=O)[O-])c1ccccc1.[Cu+2]. The molecular weight excluding hydrogens is 522 g/mol. The number of carboxylic acids is 1. The van der Waals surface area contributed by atoms with Crippen molar-refractivity contribution in [3.63, 3.8) is 0 Å². The largest absolute Gasteiger partial charge is 2.00 e. The zero-order valence-corrected chi connectivity index (χ0v) is 21.7. The summed E-state index contributed by atoms with van der Waals surface area (Å²) >= 11 is 1.71. The average Bonchev–Trinajstić information content (AvgIpc) is 3.34. The second-order valence-corrected chi connectivity index (χ2v) is 9.16. The molecule has 1 heterocycles. The van der Waals surface area contributed by atoms with Gasteiger partial charge < -0.3 is 15.0 Å². The van der Waals surface area contributed by atoms with Crippen LogP contribution in [0.3, 0.4) is 0 Å². The maximum atomic E-state index is 13.4. The Bertz CT molecular complexity index is 1230. The van der Waals surface area contributed by atoms with Crippen LogP contribution in [0.15, 0.2) is 93.7 Å². The van der Waals surface area contributed by atoms with Gasteiger partial charge in [0.25, 0.3) is 0 Å². The van der Waals surface area contributed by atoms with Crippen molar-refractivity contribution in [2.24, 2.45) is 9.98 Å². The molecule has 0 unspecified atom stereocenters. The third-order valence-electron chi connectivity index (χ3n) is 6.02. The summed E-state index contributed by atoms with van der Waals surface area (Å²) in [6.07, 6.45) is 3.76. The Balaban J connectivity index is 0.00000361. The minimum Gasteiger partial charge on any atom is -0.861 e. The van der Waals surface area contributed by atoms with Crippen LogP contribution in [0.1, 0.15) is 29.5 Å². The third-order valence-corrected chi connectivity index (χ3v) is 6.86. The van der Waals surface area contributed by atoms with Gasteiger partial charge in [-0.2, -0.15) is 0 Å². The van der Waals surface area contributed by atoms with E-state index in [0.29, 0.717) is 23.5 Å². The van der Waals surface area contributed by atoms with Crippen molar-refractivity contribution in [3.05, 3.63) is 95.6 Å². The van der Waals surface area contributed by atoms with E-state index in [9.17, 15) is 15.0 Å². The number of carboxylic acid groups (broad SMARTS) is 1. The molecule has 0 N–H and O–H groups in total. The van der Waals surface area contributed by atoms with Gasteiger partial charge in [-0.05, 0) is 49.2 Å². The zero-order valence-electron chi connectivity index (χ0n) is 19.9. The summed E-state index contributed by atoms with van der Waals surface area (Å²) < 4.78 is 0. The number of carbonyl (C=O) groups excluding carboxylic acids is 1. The van der Waals surface area contributed by atoms with E-state index in [1.54, 1.807) is 17.8 Å². The van der Waals surface area contributed by atoms with E-state index in [0.717, 1.165) is 24.9 Å². The maximum Gasteiger partial charge on any atom is 2.00 e. The number of aliphatic carboxylic acids is 1. The van der Waals surface area contributed by atoms with Gasteiger partial charge in [-0.15, -0.1) is 11.8 Å². The van der Waals surface area contributed by atoms with Crippen LogP contribution < -0.4 is 10.2 Å². The summed E-state index contributed by atoms with van der Waals surface area (Å²) in [6.45, 7) is 1.07. The first-order valence-electron chi connectivity index (χ1n) is 11.6. The maximum absolute atomic E-state index is 13.4. The Kier molecular flexibility index (Phi) is 10.3. The average molecular weight is 549 g/mol. The van der Waals surface area contributed by atoms with E-state index < -0.39 is 12.5 Å². The minimum atomic E-state index is -1.27. The number of likely N-dealkylation sites (tertiary alicyclic amines) is 1. The van der Waals surface area contributed by atoms with Crippen molar-refractivity contribution in [2.45, 2.75) is 30.3 Å². The number of rotatable bonds is 9. The first-order chi connectivity index (χ1) is 17.1. The van der Waals surface area contributed by atoms with E-state index in [-0.39, 0.29) is 29.0 Å². The zero-order chi connectivity index (χ0) is 24.6. The number of carbonyl (C=O) groups is 1. The van der Waals surface area contributed by atoms with Gasteiger partial charge in [0, 0.05) is 28.6 Å². The molecule has 189 valence electrons. The molecular formula is C28H27CuN3O3S. The molecule has 36 heavy (non-hydrogen) atoms. The van der Waals surface area contributed by atoms with Gasteiger partial charge in [-0.3, -0.25) is 14.9 Å². The summed E-state index contributed by atoms with van der Waals surface area (Å²) in [5.74, 6) is -1.46. The van der Waals surface area contributed by atoms with Crippen LogP contribution in [0, 0.1) is 0 Å². The summed E-state index contributed by atoms with van der Waals surface area (Å²) in [5, 5.41) is 24.5. The number of para-hydroxylation sites is 1. The Morgan fingerprint density at radius 1 is 1.00 bits per heavy atom. The van der Waals surface area contributed by atoms with Crippen LogP contribution in [0.4, 0.5) is 5.69 Å². The monoisotopic (exact) mass is 548 g/mol. The number of hydrogen-bond acceptors (Lipinski definition) is 7. The molecule has 1 fully saturated rings. The van der Waals surface area contributed by atoms with Gasteiger partial charge in [0.15, 0.2) is 0 Å². The topological polar surface area (TPSA) is 91.2 Å². The van der Waals surface area contributed by atoms with Gasteiger partial charge in [0.05, 0.1) is 23.9 Å². The Morgan fingerprint density at radius 2 is 1.69 bits per heavy atom. The predicted octanol–water partition coefficient (Wildman–Crippen LogP) is 3.05. The summed E-state index contributed by atoms with van der Waals surface area (Å²) in [7, 11) is 0. The fourth-order valence-electron chi connectivity index (χ4n) is 4.38. The molecule has 0 aromatic heterocycles. The van der Waals surface area contributed by atoms with Crippen molar-refractivity contribution >= 4 is 35.0 Å². The molecule has 0 amide bonds. The van der Waals surface area contributed by atoms with E-state index in [1.165, 1.54) is 10.5 Å². The number of thioether (sulfide) groups is 1. The van der Waals surface area contributed by atoms with E-state index in [1.807, 2.05) is 60.7 Å². The summed E-state index contributed by atoms with van der Waals surface area (Å²) in [5.41, 5.74) is 3.53. The fraction of sp³-hybridized carbons (Fsp3) is 0.250. The minimum absolute atomic E-state index is 0. The van der Waals surface area contributed by atoms with Gasteiger partial charge in [-0.25, -0.2) is 0 Å². The number of aliphatic imine (C=N–C) groups is 2. The Morgan fingerprint density at radius 3 is 2.44 bits per heavy atom. The van der Waals surface area contributed by atoms with Crippen LogP contribution in [0.5, 0.6) is 0 Å². The van der Waals surface area contributed by atoms with Crippen LogP contribution >= 0.6 is 11.8 Å². The molecule has 1 aliphatic rings.